The van der Waals surface area contributed by atoms with Gasteiger partial charge in [-0.1, -0.05) is 48.5 Å². The Balaban J connectivity index is 1.29. The van der Waals surface area contributed by atoms with Crippen LogP contribution in [-0.4, -0.2) is 51.7 Å². The van der Waals surface area contributed by atoms with E-state index in [1.165, 1.54) is 37.1 Å². The highest BCUT2D eigenvalue weighted by molar-refractivity contribution is 7.71. The van der Waals surface area contributed by atoms with Crippen LogP contribution in [0, 0.1) is 4.77 Å². The van der Waals surface area contributed by atoms with E-state index in [2.05, 4.69) is 73.9 Å². The minimum atomic E-state index is 0.626. The van der Waals surface area contributed by atoms with Gasteiger partial charge in [0.2, 0.25) is 0 Å². The first-order valence-electron chi connectivity index (χ1n) is 15.8. The van der Waals surface area contributed by atoms with Gasteiger partial charge in [-0.15, -0.1) is 0 Å². The summed E-state index contributed by atoms with van der Waals surface area (Å²) < 4.78 is 13.7. The maximum absolute atomic E-state index is 6.00. The summed E-state index contributed by atoms with van der Waals surface area (Å²) in [7, 11) is 3.37. The Hall–Kier alpha value is -4.73. The third-order valence-corrected chi connectivity index (χ3v) is 9.12. The number of fused-ring (bicyclic) bond motifs is 3. The van der Waals surface area contributed by atoms with E-state index in [1.807, 2.05) is 30.3 Å². The second kappa shape index (κ2) is 13.3. The van der Waals surface area contributed by atoms with E-state index in [9.17, 15) is 0 Å². The van der Waals surface area contributed by atoms with Crippen LogP contribution in [0.25, 0.3) is 22.1 Å². The van der Waals surface area contributed by atoms with Gasteiger partial charge in [-0.3, -0.25) is 4.90 Å². The van der Waals surface area contributed by atoms with Crippen molar-refractivity contribution >= 4 is 40.1 Å². The molecule has 0 radical (unpaired) electrons. The molecule has 0 spiro atoms. The summed E-state index contributed by atoms with van der Waals surface area (Å²) in [6, 6.07) is 29.4. The molecule has 0 atom stereocenters. The van der Waals surface area contributed by atoms with Crippen molar-refractivity contribution < 1.29 is 9.47 Å². The topological polar surface area (TPSA) is 71.4 Å². The van der Waals surface area contributed by atoms with Crippen molar-refractivity contribution in [2.75, 3.05) is 32.2 Å². The Kier molecular flexibility index (Phi) is 8.68. The van der Waals surface area contributed by atoms with Crippen molar-refractivity contribution in [3.8, 4) is 11.5 Å². The summed E-state index contributed by atoms with van der Waals surface area (Å²) in [6.07, 6.45) is 4.40. The van der Waals surface area contributed by atoms with Crippen molar-refractivity contribution in [1.29, 1.82) is 0 Å². The highest BCUT2D eigenvalue weighted by Crippen LogP contribution is 2.33. The molecular formula is C37H38N6O2S. The molecule has 0 unspecified atom stereocenters. The number of methoxy groups -OCH3 is 2. The van der Waals surface area contributed by atoms with Crippen LogP contribution in [-0.2, 0) is 26.2 Å². The molecular weight excluding hydrogens is 593 g/mol. The number of likely N-dealkylation sites (tertiary alicyclic amines) is 1. The third-order valence-electron chi connectivity index (χ3n) is 8.79. The molecule has 1 aliphatic rings. The fourth-order valence-corrected chi connectivity index (χ4v) is 6.62. The Labute approximate surface area is 274 Å². The Morgan fingerprint density at radius 1 is 0.761 bits per heavy atom. The van der Waals surface area contributed by atoms with Crippen molar-refractivity contribution in [3.63, 3.8) is 0 Å². The van der Waals surface area contributed by atoms with E-state index >= 15 is 0 Å². The molecule has 3 aromatic carbocycles. The molecule has 9 heteroatoms. The fraction of sp³-hybridized carbons (Fsp3) is 0.270. The SMILES string of the molecule is COc1ccc(CN(Cc2ccc(OC)cc2)c2nc3ncccc3c3c2[nH]c(=S)n3Cc2ccc(CN3CCCC3)cc2)cc1. The summed E-state index contributed by atoms with van der Waals surface area (Å²) >= 11 is 6.00. The molecule has 1 fully saturated rings. The second-order valence-electron chi connectivity index (χ2n) is 11.9. The molecule has 6 aromatic rings. The van der Waals surface area contributed by atoms with Gasteiger partial charge in [0.25, 0.3) is 0 Å². The van der Waals surface area contributed by atoms with Crippen LogP contribution in [0.4, 0.5) is 5.82 Å². The minimum absolute atomic E-state index is 0.626. The van der Waals surface area contributed by atoms with E-state index in [0.29, 0.717) is 30.1 Å². The quantitative estimate of drug-likeness (QED) is 0.149. The van der Waals surface area contributed by atoms with Gasteiger partial charge in [-0.25, -0.2) is 9.97 Å². The van der Waals surface area contributed by atoms with E-state index in [-0.39, 0.29) is 0 Å². The lowest BCUT2D eigenvalue weighted by atomic mass is 10.1. The molecule has 46 heavy (non-hydrogen) atoms. The second-order valence-corrected chi connectivity index (χ2v) is 12.3. The van der Waals surface area contributed by atoms with Gasteiger partial charge in [0.1, 0.15) is 17.0 Å². The largest absolute Gasteiger partial charge is 0.497 e. The molecule has 0 saturated carbocycles. The summed E-state index contributed by atoms with van der Waals surface area (Å²) in [6.45, 7) is 5.29. The van der Waals surface area contributed by atoms with Gasteiger partial charge in [0, 0.05) is 31.2 Å². The number of ether oxygens (including phenoxy) is 2. The van der Waals surface area contributed by atoms with Gasteiger partial charge in [0.15, 0.2) is 16.2 Å². The van der Waals surface area contributed by atoms with Gasteiger partial charge in [0.05, 0.1) is 26.3 Å². The molecule has 1 aliphatic heterocycles. The number of aromatic nitrogens is 4. The summed E-state index contributed by atoms with van der Waals surface area (Å²) in [4.78, 5) is 18.2. The number of pyridine rings is 2. The molecule has 234 valence electrons. The molecule has 8 nitrogen and oxygen atoms in total. The number of hydrogen-bond donors (Lipinski definition) is 1. The first-order chi connectivity index (χ1) is 22.6. The fourth-order valence-electron chi connectivity index (χ4n) is 6.36. The molecule has 0 amide bonds. The van der Waals surface area contributed by atoms with Crippen LogP contribution in [0.2, 0.25) is 0 Å². The number of anilines is 1. The lowest BCUT2D eigenvalue weighted by Gasteiger charge is -2.25. The lowest BCUT2D eigenvalue weighted by Crippen LogP contribution is -2.23. The molecule has 1 N–H and O–H groups in total. The third kappa shape index (κ3) is 6.34. The molecule has 0 aliphatic carbocycles. The Bertz CT molecular complexity index is 1950. The standard InChI is InChI=1S/C37H38N6O2S/c1-44-30-15-11-27(12-16-30)23-42(24-28-13-17-31(45-2)18-14-28)36-33-34(32-6-5-19-38-35(32)40-36)43(37(46)39-33)25-29-9-7-26(8-10-29)22-41-20-3-4-21-41/h5-19H,3-4,20-25H2,1-2H3,(H,39,46). The summed E-state index contributed by atoms with van der Waals surface area (Å²) in [5.74, 6) is 2.45. The zero-order chi connectivity index (χ0) is 31.5. The predicted octanol–water partition coefficient (Wildman–Crippen LogP) is 7.51. The highest BCUT2D eigenvalue weighted by atomic mass is 32.1. The van der Waals surface area contributed by atoms with Crippen LogP contribution in [0.1, 0.15) is 35.1 Å². The van der Waals surface area contributed by atoms with Gasteiger partial charge < -0.3 is 23.9 Å². The maximum atomic E-state index is 6.00. The van der Waals surface area contributed by atoms with Crippen molar-refractivity contribution in [2.45, 2.75) is 39.0 Å². The van der Waals surface area contributed by atoms with Crippen molar-refractivity contribution in [3.05, 3.63) is 118 Å². The number of hydrogen-bond acceptors (Lipinski definition) is 7. The number of aromatic amines is 1. The molecule has 1 saturated heterocycles. The molecule has 4 heterocycles. The lowest BCUT2D eigenvalue weighted by molar-refractivity contribution is 0.331. The minimum Gasteiger partial charge on any atom is -0.497 e. The van der Waals surface area contributed by atoms with E-state index in [1.54, 1.807) is 20.4 Å². The van der Waals surface area contributed by atoms with Crippen LogP contribution >= 0.6 is 12.2 Å². The van der Waals surface area contributed by atoms with Gasteiger partial charge in [-0.2, -0.15) is 0 Å². The van der Waals surface area contributed by atoms with E-state index in [0.717, 1.165) is 51.4 Å². The van der Waals surface area contributed by atoms with E-state index < -0.39 is 0 Å². The number of rotatable bonds is 11. The first kappa shape index (κ1) is 30.0. The average molecular weight is 631 g/mol. The van der Waals surface area contributed by atoms with Crippen molar-refractivity contribution in [2.24, 2.45) is 0 Å². The Morgan fingerprint density at radius 2 is 1.33 bits per heavy atom. The highest BCUT2D eigenvalue weighted by Gasteiger charge is 2.21. The van der Waals surface area contributed by atoms with Crippen molar-refractivity contribution in [1.82, 2.24) is 24.4 Å². The number of imidazole rings is 1. The van der Waals surface area contributed by atoms with Crippen LogP contribution in [0.15, 0.2) is 91.1 Å². The number of nitrogens with one attached hydrogen (secondary N) is 1. The zero-order valence-electron chi connectivity index (χ0n) is 26.3. The number of H-pyrrole nitrogens is 1. The summed E-state index contributed by atoms with van der Waals surface area (Å²) in [5.41, 5.74) is 7.41. The first-order valence-corrected chi connectivity index (χ1v) is 16.2. The maximum Gasteiger partial charge on any atom is 0.178 e. The molecule has 7 rings (SSSR count). The number of benzene rings is 3. The average Bonchev–Trinajstić information content (AvgIpc) is 3.73. The normalized spacial score (nSPS) is 13.4. The number of nitrogens with zero attached hydrogens (tertiary/aromatic N) is 5. The smallest absolute Gasteiger partial charge is 0.178 e. The predicted molar refractivity (Wildman–Crippen MR) is 186 cm³/mol. The van der Waals surface area contributed by atoms with Crippen LogP contribution < -0.4 is 14.4 Å². The van der Waals surface area contributed by atoms with Gasteiger partial charge in [-0.05, 0) is 96.8 Å². The van der Waals surface area contributed by atoms with Gasteiger partial charge >= 0.3 is 0 Å². The molecule has 0 bridgehead atoms. The zero-order valence-corrected chi connectivity index (χ0v) is 27.1. The molecule has 3 aromatic heterocycles. The van der Waals surface area contributed by atoms with E-state index in [4.69, 9.17) is 31.7 Å². The van der Waals surface area contributed by atoms with Crippen LogP contribution in [0.3, 0.4) is 0 Å². The Morgan fingerprint density at radius 3 is 1.91 bits per heavy atom. The summed E-state index contributed by atoms with van der Waals surface area (Å²) in [5, 5.41) is 0.966. The monoisotopic (exact) mass is 630 g/mol. The van der Waals surface area contributed by atoms with Crippen LogP contribution in [0.5, 0.6) is 11.5 Å².